The fraction of sp³-hybridized carbons (Fsp3) is 0.136. The molecule has 9 N–H and O–H groups in total. The van der Waals surface area contributed by atoms with Gasteiger partial charge in [-0.05, 0) is 37.1 Å². The minimum atomic E-state index is -0.791. The van der Waals surface area contributed by atoms with Crippen LogP contribution in [0, 0.1) is 0 Å². The van der Waals surface area contributed by atoms with Crippen molar-refractivity contribution in [2.24, 2.45) is 5.73 Å². The molecule has 32 heavy (non-hydrogen) atoms. The first-order valence-corrected chi connectivity index (χ1v) is 9.29. The molecule has 10 heteroatoms. The van der Waals surface area contributed by atoms with Crippen molar-refractivity contribution in [2.45, 2.75) is 12.8 Å². The average Bonchev–Trinajstić information content (AvgIpc) is 2.74. The van der Waals surface area contributed by atoms with Gasteiger partial charge in [0.05, 0.1) is 6.61 Å². The monoisotopic (exact) mass is 445 g/mol. The Kier molecular flexibility index (Phi) is 7.83. The topological polar surface area (TPSA) is 194 Å². The Morgan fingerprint density at radius 3 is 1.84 bits per heavy atom. The quantitative estimate of drug-likeness (QED) is 0.260. The van der Waals surface area contributed by atoms with Gasteiger partial charge >= 0.3 is 0 Å². The van der Waals surface area contributed by atoms with Crippen LogP contribution in [-0.4, -0.2) is 48.3 Å². The maximum Gasteiger partial charge on any atom is 0.248 e. The van der Waals surface area contributed by atoms with Gasteiger partial charge in [0.15, 0.2) is 28.7 Å². The van der Waals surface area contributed by atoms with Crippen LogP contribution in [0.25, 0.3) is 0 Å². The maximum absolute atomic E-state index is 10.5. The number of phenolic OH excluding ortho intramolecular Hbond substituents is 7. The van der Waals surface area contributed by atoms with E-state index in [0.29, 0.717) is 12.4 Å². The number of para-hydroxylation sites is 2. The Balaban J connectivity index is 0.000000174. The summed E-state index contributed by atoms with van der Waals surface area (Å²) in [6.07, 6.45) is 1.74. The van der Waals surface area contributed by atoms with Crippen LogP contribution in [0.1, 0.15) is 22.3 Å². The molecule has 0 unspecified atom stereocenters. The molecule has 0 spiro atoms. The minimum Gasteiger partial charge on any atom is -0.508 e. The smallest absolute Gasteiger partial charge is 0.248 e. The fourth-order valence-electron chi connectivity index (χ4n) is 2.64. The maximum atomic E-state index is 10.5. The summed E-state index contributed by atoms with van der Waals surface area (Å²) in [6, 6.07) is 11.0. The number of fused-ring (bicyclic) bond motifs is 1. The molecule has 0 atom stereocenters. The van der Waals surface area contributed by atoms with Crippen LogP contribution in [0.3, 0.4) is 0 Å². The molecule has 10 nitrogen and oxygen atoms in total. The highest BCUT2D eigenvalue weighted by molar-refractivity contribution is 5.94. The van der Waals surface area contributed by atoms with Crippen molar-refractivity contribution in [1.82, 2.24) is 0 Å². The molecule has 0 radical (unpaired) electrons. The molecule has 4 rings (SSSR count). The van der Waals surface area contributed by atoms with Crippen LogP contribution in [0.15, 0.2) is 48.5 Å². The number of primary amides is 1. The largest absolute Gasteiger partial charge is 0.508 e. The first-order valence-electron chi connectivity index (χ1n) is 9.29. The predicted octanol–water partition coefficient (Wildman–Crippen LogP) is 2.42. The second-order valence-corrected chi connectivity index (χ2v) is 6.61. The van der Waals surface area contributed by atoms with Crippen LogP contribution in [0.5, 0.6) is 46.0 Å². The van der Waals surface area contributed by atoms with Crippen LogP contribution < -0.4 is 10.5 Å². The van der Waals surface area contributed by atoms with E-state index in [9.17, 15) is 9.90 Å². The number of amides is 1. The Labute approximate surface area is 182 Å². The van der Waals surface area contributed by atoms with E-state index in [1.807, 2.05) is 0 Å². The van der Waals surface area contributed by atoms with E-state index in [2.05, 4.69) is 0 Å². The van der Waals surface area contributed by atoms with Crippen molar-refractivity contribution in [3.05, 3.63) is 59.7 Å². The van der Waals surface area contributed by atoms with Crippen LogP contribution in [0.2, 0.25) is 0 Å². The van der Waals surface area contributed by atoms with Crippen molar-refractivity contribution < 1.29 is 45.3 Å². The Hall–Kier alpha value is -4.47. The van der Waals surface area contributed by atoms with Gasteiger partial charge in [-0.3, -0.25) is 4.79 Å². The third-order valence-corrected chi connectivity index (χ3v) is 4.23. The predicted molar refractivity (Wildman–Crippen MR) is 113 cm³/mol. The van der Waals surface area contributed by atoms with Crippen LogP contribution >= 0.6 is 0 Å². The van der Waals surface area contributed by atoms with Crippen molar-refractivity contribution in [3.8, 4) is 46.0 Å². The number of phenols is 7. The van der Waals surface area contributed by atoms with E-state index >= 15 is 0 Å². The zero-order valence-electron chi connectivity index (χ0n) is 16.8. The number of benzene rings is 3. The summed E-state index contributed by atoms with van der Waals surface area (Å²) in [5.41, 5.74) is 5.60. The second-order valence-electron chi connectivity index (χ2n) is 6.61. The normalized spacial score (nSPS) is 11.5. The van der Waals surface area contributed by atoms with Crippen molar-refractivity contribution in [1.29, 1.82) is 0 Å². The van der Waals surface area contributed by atoms with Crippen molar-refractivity contribution in [3.63, 3.8) is 0 Å². The number of hydrogen-bond acceptors (Lipinski definition) is 9. The molecule has 0 aliphatic carbocycles. The Morgan fingerprint density at radius 2 is 1.34 bits per heavy atom. The minimum absolute atomic E-state index is 0.0492. The molecule has 3 aromatic rings. The molecular formula is C22H23NO9. The van der Waals surface area contributed by atoms with E-state index in [-0.39, 0.29) is 28.6 Å². The number of hydrogen-bond donors (Lipinski definition) is 8. The van der Waals surface area contributed by atoms with Gasteiger partial charge in [-0.25, -0.2) is 0 Å². The summed E-state index contributed by atoms with van der Waals surface area (Å²) in [5, 5.41) is 62.5. The molecule has 1 amide bonds. The van der Waals surface area contributed by atoms with Gasteiger partial charge in [-0.1, -0.05) is 12.1 Å². The summed E-state index contributed by atoms with van der Waals surface area (Å²) < 4.78 is 5.27. The lowest BCUT2D eigenvalue weighted by molar-refractivity contribution is 0.0999. The molecule has 0 saturated carbocycles. The Morgan fingerprint density at radius 1 is 0.781 bits per heavy atom. The van der Waals surface area contributed by atoms with Gasteiger partial charge in [0.25, 0.3) is 0 Å². The molecule has 0 aromatic heterocycles. The van der Waals surface area contributed by atoms with E-state index in [4.69, 9.17) is 41.1 Å². The third kappa shape index (κ3) is 6.26. The summed E-state index contributed by atoms with van der Waals surface area (Å²) in [6.45, 7) is 0.663. The number of ether oxygens (including phenoxy) is 1. The first kappa shape index (κ1) is 23.8. The summed E-state index contributed by atoms with van der Waals surface area (Å²) in [7, 11) is 0. The first-order chi connectivity index (χ1) is 15.1. The number of carbonyl (C=O) groups is 1. The molecule has 0 saturated heterocycles. The standard InChI is InChI=1S/C9H10O3.C7H7NO4.C6H6O2/c10-6-4-8(11)7-2-1-3-12-9(7)5-6;8-7(12)3-1-4(9)6(11)5(10)2-3;7-5-3-1-2-4-6(5)8/h4-5,10-11H,1-3H2;1-2,9-11H,(H2,8,12);1-4,7-8H. The third-order valence-electron chi connectivity index (χ3n) is 4.23. The van der Waals surface area contributed by atoms with Gasteiger partial charge in [-0.15, -0.1) is 0 Å². The summed E-state index contributed by atoms with van der Waals surface area (Å²) >= 11 is 0. The average molecular weight is 445 g/mol. The lowest BCUT2D eigenvalue weighted by Gasteiger charge is -2.17. The molecule has 1 aliphatic heterocycles. The highest BCUT2D eigenvalue weighted by Crippen LogP contribution is 2.36. The van der Waals surface area contributed by atoms with Gasteiger partial charge < -0.3 is 46.2 Å². The highest BCUT2D eigenvalue weighted by Gasteiger charge is 2.15. The fourth-order valence-corrected chi connectivity index (χ4v) is 2.64. The lowest BCUT2D eigenvalue weighted by Crippen LogP contribution is -2.10. The zero-order valence-corrected chi connectivity index (χ0v) is 16.8. The van der Waals surface area contributed by atoms with E-state index in [0.717, 1.165) is 30.5 Å². The van der Waals surface area contributed by atoms with Gasteiger partial charge in [0.2, 0.25) is 5.91 Å². The number of carbonyl (C=O) groups excluding carboxylic acids is 1. The van der Waals surface area contributed by atoms with E-state index < -0.39 is 23.2 Å². The van der Waals surface area contributed by atoms with E-state index in [1.54, 1.807) is 12.1 Å². The number of rotatable bonds is 1. The van der Waals surface area contributed by atoms with Crippen LogP contribution in [0.4, 0.5) is 0 Å². The van der Waals surface area contributed by atoms with E-state index in [1.165, 1.54) is 24.3 Å². The number of aromatic hydroxyl groups is 7. The van der Waals surface area contributed by atoms with Crippen molar-refractivity contribution >= 4 is 5.91 Å². The van der Waals surface area contributed by atoms with Crippen LogP contribution in [-0.2, 0) is 6.42 Å². The van der Waals surface area contributed by atoms with Crippen molar-refractivity contribution in [2.75, 3.05) is 6.61 Å². The SMILES string of the molecule is NC(=O)c1cc(O)c(O)c(O)c1.Oc1cc(O)c2c(c1)OCCC2.Oc1ccccc1O. The molecule has 3 aromatic carbocycles. The summed E-state index contributed by atoms with van der Waals surface area (Å²) in [5.74, 6) is -1.98. The lowest BCUT2D eigenvalue weighted by atomic mass is 10.1. The van der Waals surface area contributed by atoms with Gasteiger partial charge in [0.1, 0.15) is 17.2 Å². The van der Waals surface area contributed by atoms with Gasteiger partial charge in [-0.2, -0.15) is 0 Å². The second kappa shape index (κ2) is 10.5. The number of nitrogens with two attached hydrogens (primary N) is 1. The molecule has 170 valence electrons. The summed E-state index contributed by atoms with van der Waals surface area (Å²) in [4.78, 5) is 10.5. The zero-order chi connectivity index (χ0) is 23.8. The van der Waals surface area contributed by atoms with Gasteiger partial charge in [0, 0.05) is 23.3 Å². The molecule has 1 aliphatic rings. The Bertz CT molecular complexity index is 1050. The molecule has 0 bridgehead atoms. The molecule has 1 heterocycles. The highest BCUT2D eigenvalue weighted by atomic mass is 16.5. The molecule has 0 fully saturated rings. The molecular weight excluding hydrogens is 422 g/mol.